The van der Waals surface area contributed by atoms with Crippen molar-refractivity contribution in [1.82, 2.24) is 4.90 Å². The molecule has 0 radical (unpaired) electrons. The highest BCUT2D eigenvalue weighted by molar-refractivity contribution is 6.39. The van der Waals surface area contributed by atoms with Crippen LogP contribution in [0, 0.1) is 29.6 Å². The molecule has 3 aliphatic heterocycles. The molecule has 58 heavy (non-hydrogen) atoms. The van der Waals surface area contributed by atoms with Crippen LogP contribution in [0.4, 0.5) is 0 Å². The molecule has 3 N–H and O–H groups in total. The van der Waals surface area contributed by atoms with E-state index in [1.807, 2.05) is 19.9 Å². The Morgan fingerprint density at radius 2 is 1.60 bits per heavy atom. The standard InChI is InChI=1S/C44H72N2O12/c1-11-31-19-25(2)18-26(3)20-37(54-8)40-38(55-9)22-28(5)44(52,58-40)41(49)42(50)46-17-13-12-14-33(46)43(51)57-39(29(6)35(48)24-32(31)45-56-10)27(4)21-30-15-16-34(47)36(23-30)53-7/h19,21,26,28-31,33-40,47-48,52H,11-18,20,22-24H2,1-10H3/b25-19+,27-21+,45-32-/t26-,28+,29+,30-,31+,33-,34+,35-,36+,37-,38-,39+,40+,44+/m0/s1. The fourth-order valence-corrected chi connectivity index (χ4v) is 9.63. The maximum atomic E-state index is 14.4. The molecule has 4 rings (SSSR count). The average molecular weight is 821 g/mol. The summed E-state index contributed by atoms with van der Waals surface area (Å²) in [7, 11) is 6.16. The quantitative estimate of drug-likeness (QED) is 0.137. The molecule has 4 aliphatic rings. The molecule has 0 aromatic rings. The van der Waals surface area contributed by atoms with E-state index < -0.39 is 77.9 Å². The van der Waals surface area contributed by atoms with Gasteiger partial charge in [-0.15, -0.1) is 0 Å². The largest absolute Gasteiger partial charge is 0.456 e. The van der Waals surface area contributed by atoms with E-state index in [-0.39, 0.29) is 49.7 Å². The van der Waals surface area contributed by atoms with E-state index in [2.05, 4.69) is 32.0 Å². The van der Waals surface area contributed by atoms with Crippen molar-refractivity contribution in [2.45, 2.75) is 167 Å². The summed E-state index contributed by atoms with van der Waals surface area (Å²) in [6.07, 6.45) is 4.90. The van der Waals surface area contributed by atoms with E-state index in [0.717, 1.165) is 5.57 Å². The maximum absolute atomic E-state index is 14.4. The Kier molecular flexibility index (Phi) is 17.9. The van der Waals surface area contributed by atoms with Crippen LogP contribution in [0.25, 0.3) is 0 Å². The number of ether oxygens (including phenoxy) is 5. The number of fused-ring (bicyclic) bond motifs is 3. The van der Waals surface area contributed by atoms with Crippen LogP contribution in [0.3, 0.4) is 0 Å². The van der Waals surface area contributed by atoms with Crippen molar-refractivity contribution in [2.24, 2.45) is 34.7 Å². The van der Waals surface area contributed by atoms with Crippen molar-refractivity contribution in [3.05, 3.63) is 23.3 Å². The molecule has 2 bridgehead atoms. The molecule has 0 spiro atoms. The van der Waals surface area contributed by atoms with Gasteiger partial charge >= 0.3 is 5.97 Å². The van der Waals surface area contributed by atoms with Crippen LogP contribution in [0.5, 0.6) is 0 Å². The monoisotopic (exact) mass is 821 g/mol. The minimum atomic E-state index is -2.49. The maximum Gasteiger partial charge on any atom is 0.329 e. The number of oxime groups is 1. The number of allylic oxidation sites excluding steroid dienone is 3. The van der Waals surface area contributed by atoms with Crippen molar-refractivity contribution in [2.75, 3.05) is 35.0 Å². The lowest BCUT2D eigenvalue weighted by Gasteiger charge is -2.47. The summed E-state index contributed by atoms with van der Waals surface area (Å²) in [6, 6.07) is -1.11. The predicted molar refractivity (Wildman–Crippen MR) is 218 cm³/mol. The summed E-state index contributed by atoms with van der Waals surface area (Å²) in [5.74, 6) is -6.85. The molecule has 0 unspecified atom stereocenters. The van der Waals surface area contributed by atoms with Crippen LogP contribution < -0.4 is 0 Å². The Morgan fingerprint density at radius 3 is 2.24 bits per heavy atom. The van der Waals surface area contributed by atoms with Gasteiger partial charge in [-0.1, -0.05) is 50.6 Å². The Labute approximate surface area is 345 Å². The number of carbonyl (C=O) groups is 3. The summed E-state index contributed by atoms with van der Waals surface area (Å²) in [5.41, 5.74) is 2.47. The molecule has 1 saturated carbocycles. The molecule has 3 heterocycles. The van der Waals surface area contributed by atoms with Gasteiger partial charge in [-0.25, -0.2) is 4.79 Å². The molecule has 3 fully saturated rings. The Bertz CT molecular complexity index is 1480. The molecule has 0 aromatic carbocycles. The lowest BCUT2D eigenvalue weighted by molar-refractivity contribution is -0.302. The number of aliphatic hydroxyl groups excluding tert-OH is 2. The third kappa shape index (κ3) is 11.3. The van der Waals surface area contributed by atoms with Crippen molar-refractivity contribution in [3.63, 3.8) is 0 Å². The minimum absolute atomic E-state index is 0.0231. The Morgan fingerprint density at radius 1 is 0.931 bits per heavy atom. The summed E-state index contributed by atoms with van der Waals surface area (Å²) in [6.45, 7) is 11.7. The zero-order valence-electron chi connectivity index (χ0n) is 36.6. The number of amides is 1. The van der Waals surface area contributed by atoms with E-state index in [4.69, 9.17) is 28.5 Å². The Balaban J connectivity index is 1.80. The third-order valence-corrected chi connectivity index (χ3v) is 13.1. The molecule has 1 amide bonds. The molecular weight excluding hydrogens is 748 g/mol. The molecule has 2 saturated heterocycles. The van der Waals surface area contributed by atoms with Crippen LogP contribution in [0.1, 0.15) is 112 Å². The molecule has 14 nitrogen and oxygen atoms in total. The first kappa shape index (κ1) is 48.0. The number of hydrogen-bond acceptors (Lipinski definition) is 13. The zero-order valence-corrected chi connectivity index (χ0v) is 36.6. The highest BCUT2D eigenvalue weighted by atomic mass is 16.7. The van der Waals surface area contributed by atoms with Crippen LogP contribution in [0.15, 0.2) is 28.5 Å². The van der Waals surface area contributed by atoms with Gasteiger partial charge in [0.05, 0.1) is 36.2 Å². The fourth-order valence-electron chi connectivity index (χ4n) is 9.63. The van der Waals surface area contributed by atoms with Crippen molar-refractivity contribution in [3.8, 4) is 0 Å². The van der Waals surface area contributed by atoms with Crippen LogP contribution in [-0.2, 0) is 42.9 Å². The molecule has 14 atom stereocenters. The normalized spacial score (nSPS) is 41.2. The second-order valence-electron chi connectivity index (χ2n) is 17.5. The van der Waals surface area contributed by atoms with Crippen molar-refractivity contribution in [1.29, 1.82) is 0 Å². The van der Waals surface area contributed by atoms with E-state index >= 15 is 0 Å². The van der Waals surface area contributed by atoms with Gasteiger partial charge < -0.3 is 48.7 Å². The number of carbonyl (C=O) groups excluding carboxylic acids is 3. The van der Waals surface area contributed by atoms with Gasteiger partial charge in [-0.2, -0.15) is 0 Å². The van der Waals surface area contributed by atoms with E-state index in [1.165, 1.54) is 12.0 Å². The second-order valence-corrected chi connectivity index (χ2v) is 17.5. The van der Waals surface area contributed by atoms with Crippen LogP contribution in [0.2, 0.25) is 0 Å². The van der Waals surface area contributed by atoms with Crippen molar-refractivity contribution < 1.29 is 58.2 Å². The topological polar surface area (TPSA) is 183 Å². The highest BCUT2D eigenvalue weighted by Crippen LogP contribution is 2.39. The first-order valence-corrected chi connectivity index (χ1v) is 21.4. The minimum Gasteiger partial charge on any atom is -0.456 e. The van der Waals surface area contributed by atoms with Gasteiger partial charge in [-0.05, 0) is 95.5 Å². The summed E-state index contributed by atoms with van der Waals surface area (Å²) in [5, 5.41) is 38.9. The van der Waals surface area contributed by atoms with E-state index in [9.17, 15) is 29.7 Å². The summed E-state index contributed by atoms with van der Waals surface area (Å²) < 4.78 is 30.0. The molecule has 330 valence electrons. The van der Waals surface area contributed by atoms with Crippen LogP contribution in [-0.4, -0.2) is 133 Å². The number of hydrogen-bond donors (Lipinski definition) is 3. The first-order chi connectivity index (χ1) is 27.5. The molecule has 0 aromatic heterocycles. The smallest absolute Gasteiger partial charge is 0.329 e. The van der Waals surface area contributed by atoms with Crippen LogP contribution >= 0.6 is 0 Å². The number of aliphatic hydroxyl groups is 3. The summed E-state index contributed by atoms with van der Waals surface area (Å²) in [4.78, 5) is 49.5. The van der Waals surface area contributed by atoms with Gasteiger partial charge in [0.15, 0.2) is 0 Å². The molecule has 14 heteroatoms. The van der Waals surface area contributed by atoms with E-state index in [1.54, 1.807) is 28.3 Å². The lowest BCUT2D eigenvalue weighted by Crippen LogP contribution is -2.64. The predicted octanol–water partition coefficient (Wildman–Crippen LogP) is 4.91. The van der Waals surface area contributed by atoms with Gasteiger partial charge in [0.25, 0.3) is 11.7 Å². The van der Waals surface area contributed by atoms with Gasteiger partial charge in [0.1, 0.15) is 25.4 Å². The lowest BCUT2D eigenvalue weighted by atomic mass is 9.81. The highest BCUT2D eigenvalue weighted by Gasteiger charge is 2.56. The van der Waals surface area contributed by atoms with Gasteiger partial charge in [0.2, 0.25) is 5.79 Å². The van der Waals surface area contributed by atoms with Gasteiger partial charge in [0, 0.05) is 52.0 Å². The second kappa shape index (κ2) is 21.7. The van der Waals surface area contributed by atoms with Crippen molar-refractivity contribution >= 4 is 23.4 Å². The Hall–Kier alpha value is -2.72. The number of esters is 1. The fraction of sp³-hybridized carbons (Fsp3) is 0.818. The first-order valence-electron chi connectivity index (χ1n) is 21.4. The summed E-state index contributed by atoms with van der Waals surface area (Å²) >= 11 is 0. The number of nitrogens with zero attached hydrogens (tertiary/aromatic N) is 2. The zero-order chi connectivity index (χ0) is 42.9. The van der Waals surface area contributed by atoms with E-state index in [0.29, 0.717) is 62.7 Å². The molecular formula is C44H72N2O12. The third-order valence-electron chi connectivity index (χ3n) is 13.1. The number of methoxy groups -OCH3 is 3. The number of rotatable bonds is 7. The number of cyclic esters (lactones) is 1. The number of piperidine rings is 1. The molecule has 1 aliphatic carbocycles. The number of ketones is 1. The average Bonchev–Trinajstić information content (AvgIpc) is 3.20. The van der Waals surface area contributed by atoms with Gasteiger partial charge in [-0.3, -0.25) is 9.59 Å². The number of Topliss-reactive ketones (excluding diaryl/α,β-unsaturated/α-hetero) is 1. The SMILES string of the molecule is CC[C@@H]1/C=C(\C)C[C@H](C)C[C@H](OC)[C@H]2O[C@@](O)(C(=O)C(=O)N3CCCC[C@H]3C(=O)O[C@H](/C(C)=C/[C@@H]3CC[C@@H](O)[C@H](OC)C3)[C@H](C)[C@@H](O)C/C1=N/OC)[C@H](C)C[C@@H]2OC.